The van der Waals surface area contributed by atoms with Gasteiger partial charge in [-0.05, 0) is 12.1 Å². The summed E-state index contributed by atoms with van der Waals surface area (Å²) < 4.78 is 5.71. The molecule has 8 heteroatoms. The number of para-hydroxylation sites is 1. The summed E-state index contributed by atoms with van der Waals surface area (Å²) in [4.78, 5) is 42.9. The highest BCUT2D eigenvalue weighted by molar-refractivity contribution is 6.05. The number of amides is 4. The summed E-state index contributed by atoms with van der Waals surface area (Å²) in [7, 11) is 3.01. The van der Waals surface area contributed by atoms with Crippen LogP contribution in [-0.2, 0) is 9.59 Å². The Morgan fingerprint density at radius 3 is 2.33 bits per heavy atom. The van der Waals surface area contributed by atoms with E-state index in [1.807, 2.05) is 30.3 Å². The minimum Gasteiger partial charge on any atom is -0.492 e. The number of rotatable bonds is 6. The molecule has 8 nitrogen and oxygen atoms in total. The van der Waals surface area contributed by atoms with Gasteiger partial charge in [-0.1, -0.05) is 18.2 Å². The number of hydrogen-bond acceptors (Lipinski definition) is 5. The fourth-order valence-corrected chi connectivity index (χ4v) is 3.40. The van der Waals surface area contributed by atoms with E-state index in [1.165, 1.54) is 11.9 Å². The van der Waals surface area contributed by atoms with Gasteiger partial charge in [-0.15, -0.1) is 0 Å². The van der Waals surface area contributed by atoms with Gasteiger partial charge in [0.05, 0.1) is 6.42 Å². The maximum atomic E-state index is 12.5. The first-order valence-corrected chi connectivity index (χ1v) is 9.19. The Labute approximate surface area is 159 Å². The van der Waals surface area contributed by atoms with E-state index in [-0.39, 0.29) is 24.3 Å². The molecule has 2 saturated heterocycles. The van der Waals surface area contributed by atoms with Crippen LogP contribution in [0.5, 0.6) is 5.75 Å². The highest BCUT2D eigenvalue weighted by atomic mass is 16.5. The Morgan fingerprint density at radius 2 is 1.74 bits per heavy atom. The molecule has 0 saturated carbocycles. The Bertz CT molecular complexity index is 688. The molecule has 0 spiro atoms. The lowest BCUT2D eigenvalue weighted by Gasteiger charge is -2.35. The van der Waals surface area contributed by atoms with E-state index in [2.05, 4.69) is 4.90 Å². The predicted molar refractivity (Wildman–Crippen MR) is 99.3 cm³/mol. The molecule has 4 amide bonds. The third kappa shape index (κ3) is 4.39. The summed E-state index contributed by atoms with van der Waals surface area (Å²) >= 11 is 0. The van der Waals surface area contributed by atoms with Crippen LogP contribution in [0.15, 0.2) is 30.3 Å². The third-order valence-electron chi connectivity index (χ3n) is 5.18. The quantitative estimate of drug-likeness (QED) is 0.678. The van der Waals surface area contributed by atoms with E-state index < -0.39 is 6.04 Å². The van der Waals surface area contributed by atoms with Crippen LogP contribution in [0, 0.1) is 0 Å². The molecular formula is C19H26N4O4. The molecule has 0 radical (unpaired) electrons. The number of carbonyl (C=O) groups is 3. The number of hydrogen-bond donors (Lipinski definition) is 0. The van der Waals surface area contributed by atoms with Gasteiger partial charge in [0.1, 0.15) is 18.4 Å². The van der Waals surface area contributed by atoms with Gasteiger partial charge < -0.3 is 14.5 Å². The zero-order valence-corrected chi connectivity index (χ0v) is 15.8. The number of ether oxygens (including phenoxy) is 1. The lowest BCUT2D eigenvalue weighted by molar-refractivity contribution is -0.137. The molecule has 0 bridgehead atoms. The molecule has 3 rings (SSSR count). The Hall–Kier alpha value is -2.61. The van der Waals surface area contributed by atoms with E-state index >= 15 is 0 Å². The monoisotopic (exact) mass is 374 g/mol. The smallest absolute Gasteiger partial charge is 0.326 e. The maximum absolute atomic E-state index is 12.5. The van der Waals surface area contributed by atoms with Gasteiger partial charge in [-0.2, -0.15) is 0 Å². The first-order valence-electron chi connectivity index (χ1n) is 9.19. The summed E-state index contributed by atoms with van der Waals surface area (Å²) in [6.45, 7) is 4.21. The van der Waals surface area contributed by atoms with Crippen LogP contribution in [0.4, 0.5) is 4.79 Å². The summed E-state index contributed by atoms with van der Waals surface area (Å²) in [6, 6.07) is 8.65. The van der Waals surface area contributed by atoms with Gasteiger partial charge in [0.15, 0.2) is 0 Å². The minimum absolute atomic E-state index is 0.0442. The van der Waals surface area contributed by atoms with Gasteiger partial charge in [0.2, 0.25) is 5.91 Å². The molecule has 0 unspecified atom stereocenters. The van der Waals surface area contributed by atoms with Gasteiger partial charge in [-0.3, -0.25) is 19.4 Å². The summed E-state index contributed by atoms with van der Waals surface area (Å²) in [5.41, 5.74) is 0. The summed E-state index contributed by atoms with van der Waals surface area (Å²) in [6.07, 6.45) is 0.0442. The van der Waals surface area contributed by atoms with Crippen LogP contribution < -0.4 is 4.74 Å². The lowest BCUT2D eigenvalue weighted by atomic mass is 10.1. The second-order valence-electron chi connectivity index (χ2n) is 6.89. The molecule has 2 aliphatic rings. The van der Waals surface area contributed by atoms with E-state index in [0.717, 1.165) is 30.3 Å². The molecule has 0 aromatic heterocycles. The number of carbonyl (C=O) groups excluding carboxylic acids is 3. The van der Waals surface area contributed by atoms with Crippen LogP contribution in [0.3, 0.4) is 0 Å². The van der Waals surface area contributed by atoms with Crippen LogP contribution >= 0.6 is 0 Å². The number of piperazine rings is 1. The van der Waals surface area contributed by atoms with Crippen molar-refractivity contribution in [1.82, 2.24) is 19.6 Å². The molecule has 146 valence electrons. The van der Waals surface area contributed by atoms with Gasteiger partial charge in [0, 0.05) is 46.8 Å². The van der Waals surface area contributed by atoms with Gasteiger partial charge in [0.25, 0.3) is 5.91 Å². The van der Waals surface area contributed by atoms with Crippen molar-refractivity contribution in [2.75, 3.05) is 53.4 Å². The molecule has 0 N–H and O–H groups in total. The van der Waals surface area contributed by atoms with Crippen LogP contribution in [0.1, 0.15) is 6.42 Å². The third-order valence-corrected chi connectivity index (χ3v) is 5.18. The Kier molecular flexibility index (Phi) is 5.95. The van der Waals surface area contributed by atoms with Crippen molar-refractivity contribution < 1.29 is 19.1 Å². The van der Waals surface area contributed by atoms with Crippen molar-refractivity contribution in [3.63, 3.8) is 0 Å². The van der Waals surface area contributed by atoms with Gasteiger partial charge in [-0.25, -0.2) is 4.79 Å². The van der Waals surface area contributed by atoms with E-state index in [4.69, 9.17) is 4.74 Å². The van der Waals surface area contributed by atoms with Crippen molar-refractivity contribution in [3.8, 4) is 5.75 Å². The lowest BCUT2D eigenvalue weighted by Crippen LogP contribution is -2.50. The molecule has 1 aromatic rings. The normalized spacial score (nSPS) is 21.1. The summed E-state index contributed by atoms with van der Waals surface area (Å²) in [5.74, 6) is 0.465. The SMILES string of the molecule is CN1C(=O)[C@@H](CC(=O)N2CCN(CCOc3ccccc3)CC2)N(C)C1=O. The maximum Gasteiger partial charge on any atom is 0.326 e. The van der Waals surface area contributed by atoms with Crippen LogP contribution in [-0.4, -0.2) is 96.9 Å². The molecule has 0 aliphatic carbocycles. The molecule has 2 fully saturated rings. The number of nitrogens with zero attached hydrogens (tertiary/aromatic N) is 4. The second-order valence-corrected chi connectivity index (χ2v) is 6.89. The topological polar surface area (TPSA) is 73.4 Å². The van der Waals surface area contributed by atoms with Crippen molar-refractivity contribution in [2.24, 2.45) is 0 Å². The zero-order valence-electron chi connectivity index (χ0n) is 15.8. The van der Waals surface area contributed by atoms with E-state index in [0.29, 0.717) is 19.7 Å². The van der Waals surface area contributed by atoms with Crippen molar-refractivity contribution in [3.05, 3.63) is 30.3 Å². The standard InChI is InChI=1S/C19H26N4O4/c1-20-16(18(25)21(2)19(20)26)14-17(24)23-10-8-22(9-11-23)12-13-27-15-6-4-3-5-7-15/h3-7,16H,8-14H2,1-2H3/t16-/m1/s1. The average molecular weight is 374 g/mol. The minimum atomic E-state index is -0.688. The molecule has 1 atom stereocenters. The first-order chi connectivity index (χ1) is 13.0. The largest absolute Gasteiger partial charge is 0.492 e. The molecular weight excluding hydrogens is 348 g/mol. The highest BCUT2D eigenvalue weighted by Crippen LogP contribution is 2.18. The highest BCUT2D eigenvalue weighted by Gasteiger charge is 2.42. The number of imide groups is 1. The van der Waals surface area contributed by atoms with E-state index in [9.17, 15) is 14.4 Å². The van der Waals surface area contributed by atoms with Crippen LogP contribution in [0.2, 0.25) is 0 Å². The van der Waals surface area contributed by atoms with Crippen molar-refractivity contribution >= 4 is 17.8 Å². The van der Waals surface area contributed by atoms with E-state index in [1.54, 1.807) is 11.9 Å². The second kappa shape index (κ2) is 8.39. The zero-order chi connectivity index (χ0) is 19.4. The molecule has 1 aromatic carbocycles. The average Bonchev–Trinajstić information content (AvgIpc) is 2.87. The van der Waals surface area contributed by atoms with Crippen molar-refractivity contribution in [2.45, 2.75) is 12.5 Å². The predicted octanol–water partition coefficient (Wildman–Crippen LogP) is 0.492. The number of benzene rings is 1. The molecule has 2 aliphatic heterocycles. The van der Waals surface area contributed by atoms with Crippen LogP contribution in [0.25, 0.3) is 0 Å². The van der Waals surface area contributed by atoms with Crippen molar-refractivity contribution in [1.29, 1.82) is 0 Å². The first kappa shape index (κ1) is 19.2. The number of urea groups is 1. The van der Waals surface area contributed by atoms with Gasteiger partial charge >= 0.3 is 6.03 Å². The molecule has 27 heavy (non-hydrogen) atoms. The molecule has 2 heterocycles. The Balaban J connectivity index is 1.40. The fraction of sp³-hybridized carbons (Fsp3) is 0.526. The Morgan fingerprint density at radius 1 is 1.07 bits per heavy atom. The summed E-state index contributed by atoms with van der Waals surface area (Å²) in [5, 5.41) is 0. The fourth-order valence-electron chi connectivity index (χ4n) is 3.40. The number of likely N-dealkylation sites (N-methyl/N-ethyl adjacent to an activating group) is 2.